The molecule has 0 atom stereocenters. The number of amides is 2. The molecule has 0 fully saturated rings. The number of carboxylic acid groups (broad SMARTS) is 1. The highest BCUT2D eigenvalue weighted by Gasteiger charge is 2.14. The first-order valence-corrected chi connectivity index (χ1v) is 8.86. The number of nitrogens with one attached hydrogen (secondary N) is 1. The molecular formula is C20H25N3O4. The van der Waals surface area contributed by atoms with Crippen LogP contribution >= 0.6 is 0 Å². The summed E-state index contributed by atoms with van der Waals surface area (Å²) in [4.78, 5) is 29.1. The van der Waals surface area contributed by atoms with Crippen LogP contribution in [0.15, 0.2) is 48.7 Å². The number of benzene rings is 1. The van der Waals surface area contributed by atoms with Gasteiger partial charge in [-0.2, -0.15) is 0 Å². The summed E-state index contributed by atoms with van der Waals surface area (Å²) in [5.74, 6) is -0.105. The third-order valence-electron chi connectivity index (χ3n) is 4.03. The SMILES string of the molecule is COc1ccc(CN(CCc2ccccn2)C(=O)NCCCC(=O)O)cc1. The highest BCUT2D eigenvalue weighted by Crippen LogP contribution is 2.13. The fourth-order valence-electron chi connectivity index (χ4n) is 2.55. The maximum Gasteiger partial charge on any atom is 0.317 e. The second-order valence-corrected chi connectivity index (χ2v) is 6.07. The van der Waals surface area contributed by atoms with Crippen LogP contribution in [-0.4, -0.2) is 47.2 Å². The van der Waals surface area contributed by atoms with Crippen LogP contribution in [0, 0.1) is 0 Å². The fourth-order valence-corrected chi connectivity index (χ4v) is 2.55. The second-order valence-electron chi connectivity index (χ2n) is 6.07. The standard InChI is InChI=1S/C20H25N3O4/c1-27-18-9-7-16(8-10-18)15-23(14-11-17-5-2-3-12-21-17)20(26)22-13-4-6-19(24)25/h2-3,5,7-10,12H,4,6,11,13-15H2,1H3,(H,22,26)(H,24,25). The Bertz CT molecular complexity index is 720. The third kappa shape index (κ3) is 7.35. The van der Waals surface area contributed by atoms with Gasteiger partial charge in [-0.15, -0.1) is 0 Å². The zero-order chi connectivity index (χ0) is 19.5. The Morgan fingerprint density at radius 2 is 1.96 bits per heavy atom. The van der Waals surface area contributed by atoms with Gasteiger partial charge in [-0.3, -0.25) is 9.78 Å². The summed E-state index contributed by atoms with van der Waals surface area (Å²) in [6.45, 7) is 1.28. The minimum Gasteiger partial charge on any atom is -0.497 e. The first-order chi connectivity index (χ1) is 13.1. The van der Waals surface area contributed by atoms with Gasteiger partial charge in [-0.1, -0.05) is 18.2 Å². The molecule has 0 aliphatic rings. The number of hydrogen-bond donors (Lipinski definition) is 2. The largest absolute Gasteiger partial charge is 0.497 e. The van der Waals surface area contributed by atoms with Gasteiger partial charge in [0.1, 0.15) is 5.75 Å². The maximum atomic E-state index is 12.6. The summed E-state index contributed by atoms with van der Waals surface area (Å²) >= 11 is 0. The van der Waals surface area contributed by atoms with Gasteiger partial charge in [-0.25, -0.2) is 4.79 Å². The lowest BCUT2D eigenvalue weighted by Gasteiger charge is -2.23. The van der Waals surface area contributed by atoms with Crippen molar-refractivity contribution in [1.82, 2.24) is 15.2 Å². The lowest BCUT2D eigenvalue weighted by molar-refractivity contribution is -0.137. The van der Waals surface area contributed by atoms with Gasteiger partial charge in [0.2, 0.25) is 0 Å². The van der Waals surface area contributed by atoms with Crippen LogP contribution in [0.4, 0.5) is 4.79 Å². The van der Waals surface area contributed by atoms with E-state index in [4.69, 9.17) is 9.84 Å². The number of pyridine rings is 1. The maximum absolute atomic E-state index is 12.6. The summed E-state index contributed by atoms with van der Waals surface area (Å²) in [6.07, 6.45) is 2.80. The molecule has 1 aromatic heterocycles. The topological polar surface area (TPSA) is 91.8 Å². The molecule has 2 aromatic rings. The zero-order valence-corrected chi connectivity index (χ0v) is 15.4. The van der Waals surface area contributed by atoms with Crippen LogP contribution in [-0.2, 0) is 17.8 Å². The van der Waals surface area contributed by atoms with Crippen molar-refractivity contribution in [3.63, 3.8) is 0 Å². The van der Waals surface area contributed by atoms with Gasteiger partial charge in [-0.05, 0) is 36.2 Å². The van der Waals surface area contributed by atoms with Crippen LogP contribution in [0.1, 0.15) is 24.1 Å². The van der Waals surface area contributed by atoms with Crippen LogP contribution < -0.4 is 10.1 Å². The quantitative estimate of drug-likeness (QED) is 0.627. The molecule has 2 amide bonds. The number of urea groups is 1. The molecule has 2 N–H and O–H groups in total. The van der Waals surface area contributed by atoms with Crippen LogP contribution in [0.2, 0.25) is 0 Å². The molecule has 0 unspecified atom stereocenters. The normalized spacial score (nSPS) is 10.3. The van der Waals surface area contributed by atoms with Crippen molar-refractivity contribution in [3.8, 4) is 5.75 Å². The van der Waals surface area contributed by atoms with Crippen molar-refractivity contribution in [3.05, 3.63) is 59.9 Å². The minimum atomic E-state index is -0.866. The number of aliphatic carboxylic acids is 1. The molecule has 2 rings (SSSR count). The molecule has 0 bridgehead atoms. The number of hydrogen-bond acceptors (Lipinski definition) is 4. The van der Waals surface area contributed by atoms with Crippen molar-refractivity contribution < 1.29 is 19.4 Å². The van der Waals surface area contributed by atoms with E-state index in [0.29, 0.717) is 32.5 Å². The molecule has 0 saturated heterocycles. The molecule has 0 saturated carbocycles. The molecule has 0 aliphatic carbocycles. The van der Waals surface area contributed by atoms with E-state index in [9.17, 15) is 9.59 Å². The Labute approximate surface area is 159 Å². The third-order valence-corrected chi connectivity index (χ3v) is 4.03. The Morgan fingerprint density at radius 3 is 2.59 bits per heavy atom. The number of carboxylic acids is 1. The molecule has 7 heteroatoms. The van der Waals surface area contributed by atoms with E-state index in [1.54, 1.807) is 18.2 Å². The number of carbonyl (C=O) groups is 2. The predicted molar refractivity (Wildman–Crippen MR) is 102 cm³/mol. The average molecular weight is 371 g/mol. The lowest BCUT2D eigenvalue weighted by Crippen LogP contribution is -2.41. The van der Waals surface area contributed by atoms with Gasteiger partial charge < -0.3 is 20.1 Å². The van der Waals surface area contributed by atoms with Gasteiger partial charge >= 0.3 is 12.0 Å². The van der Waals surface area contributed by atoms with E-state index in [2.05, 4.69) is 10.3 Å². The summed E-state index contributed by atoms with van der Waals surface area (Å²) in [6, 6.07) is 13.0. The van der Waals surface area contributed by atoms with E-state index in [1.807, 2.05) is 42.5 Å². The number of aromatic nitrogens is 1. The first kappa shape index (κ1) is 20.2. The van der Waals surface area contributed by atoms with Crippen molar-refractivity contribution in [2.24, 2.45) is 0 Å². The lowest BCUT2D eigenvalue weighted by atomic mass is 10.2. The number of methoxy groups -OCH3 is 1. The number of carbonyl (C=O) groups excluding carboxylic acids is 1. The molecule has 7 nitrogen and oxygen atoms in total. The van der Waals surface area contributed by atoms with E-state index in [-0.39, 0.29) is 12.5 Å². The number of ether oxygens (including phenoxy) is 1. The van der Waals surface area contributed by atoms with Crippen LogP contribution in [0.3, 0.4) is 0 Å². The average Bonchev–Trinajstić information content (AvgIpc) is 2.69. The molecular weight excluding hydrogens is 346 g/mol. The number of rotatable bonds is 10. The fraction of sp³-hybridized carbons (Fsp3) is 0.350. The van der Waals surface area contributed by atoms with E-state index < -0.39 is 5.97 Å². The van der Waals surface area contributed by atoms with Gasteiger partial charge in [0, 0.05) is 44.4 Å². The predicted octanol–water partition coefficient (Wildman–Crippen LogP) is 2.71. The van der Waals surface area contributed by atoms with Gasteiger partial charge in [0.05, 0.1) is 7.11 Å². The summed E-state index contributed by atoms with van der Waals surface area (Å²) < 4.78 is 5.16. The Kier molecular flexibility index (Phi) is 8.09. The summed E-state index contributed by atoms with van der Waals surface area (Å²) in [7, 11) is 1.61. The second kappa shape index (κ2) is 10.8. The molecule has 0 spiro atoms. The van der Waals surface area contributed by atoms with Crippen molar-refractivity contribution in [2.75, 3.05) is 20.2 Å². The molecule has 0 aliphatic heterocycles. The Morgan fingerprint density at radius 1 is 1.19 bits per heavy atom. The molecule has 144 valence electrons. The van der Waals surface area contributed by atoms with Gasteiger partial charge in [0.25, 0.3) is 0 Å². The van der Waals surface area contributed by atoms with Crippen molar-refractivity contribution >= 4 is 12.0 Å². The monoisotopic (exact) mass is 371 g/mol. The van der Waals surface area contributed by atoms with Crippen molar-refractivity contribution in [2.45, 2.75) is 25.8 Å². The minimum absolute atomic E-state index is 0.0344. The Balaban J connectivity index is 1.97. The summed E-state index contributed by atoms with van der Waals surface area (Å²) in [5, 5.41) is 11.5. The first-order valence-electron chi connectivity index (χ1n) is 8.86. The van der Waals surface area contributed by atoms with Gasteiger partial charge in [0.15, 0.2) is 0 Å². The molecule has 1 aromatic carbocycles. The zero-order valence-electron chi connectivity index (χ0n) is 15.4. The highest BCUT2D eigenvalue weighted by atomic mass is 16.5. The molecule has 0 radical (unpaired) electrons. The van der Waals surface area contributed by atoms with E-state index >= 15 is 0 Å². The van der Waals surface area contributed by atoms with Crippen molar-refractivity contribution in [1.29, 1.82) is 0 Å². The van der Waals surface area contributed by atoms with Crippen LogP contribution in [0.25, 0.3) is 0 Å². The van der Waals surface area contributed by atoms with E-state index in [1.165, 1.54) is 0 Å². The van der Waals surface area contributed by atoms with Crippen LogP contribution in [0.5, 0.6) is 5.75 Å². The number of nitrogens with zero attached hydrogens (tertiary/aromatic N) is 2. The molecule has 1 heterocycles. The highest BCUT2D eigenvalue weighted by molar-refractivity contribution is 5.74. The Hall–Kier alpha value is -3.09. The summed E-state index contributed by atoms with van der Waals surface area (Å²) in [5.41, 5.74) is 1.90. The molecule has 27 heavy (non-hydrogen) atoms. The smallest absolute Gasteiger partial charge is 0.317 e. The van der Waals surface area contributed by atoms with E-state index in [0.717, 1.165) is 17.0 Å².